The van der Waals surface area contributed by atoms with Crippen molar-refractivity contribution in [2.45, 2.75) is 24.8 Å². The first kappa shape index (κ1) is 15.6. The molecule has 0 bridgehead atoms. The van der Waals surface area contributed by atoms with Crippen molar-refractivity contribution in [3.63, 3.8) is 0 Å². The van der Waals surface area contributed by atoms with Crippen molar-refractivity contribution in [3.05, 3.63) is 65.5 Å². The fraction of sp³-hybridized carbons (Fsp3) is 0.235. The normalized spacial score (nSPS) is 10.4. The van der Waals surface area contributed by atoms with E-state index in [0.29, 0.717) is 13.0 Å². The molecule has 2 aromatic carbocycles. The largest absolute Gasteiger partial charge is 0.352 e. The van der Waals surface area contributed by atoms with E-state index in [1.54, 1.807) is 23.9 Å². The molecule has 2 aromatic rings. The molecule has 4 heteroatoms. The summed E-state index contributed by atoms with van der Waals surface area (Å²) in [6.45, 7) is 2.51. The lowest BCUT2D eigenvalue weighted by Crippen LogP contribution is -2.22. The Morgan fingerprint density at radius 3 is 2.57 bits per heavy atom. The van der Waals surface area contributed by atoms with Gasteiger partial charge in [0.25, 0.3) is 0 Å². The molecule has 0 aliphatic rings. The van der Waals surface area contributed by atoms with E-state index in [2.05, 4.69) is 24.4 Å². The Bertz CT molecular complexity index is 598. The fourth-order valence-electron chi connectivity index (χ4n) is 1.86. The number of hydrogen-bond acceptors (Lipinski definition) is 2. The maximum absolute atomic E-state index is 12.8. The molecule has 0 spiro atoms. The number of halogens is 1. The minimum absolute atomic E-state index is 0.0143. The third kappa shape index (κ3) is 5.23. The third-order valence-corrected chi connectivity index (χ3v) is 4.26. The second kappa shape index (κ2) is 7.84. The van der Waals surface area contributed by atoms with E-state index in [4.69, 9.17) is 0 Å². The van der Waals surface area contributed by atoms with E-state index in [1.165, 1.54) is 22.6 Å². The second-order valence-corrected chi connectivity index (χ2v) is 5.90. The predicted molar refractivity (Wildman–Crippen MR) is 84.8 cm³/mol. The molecule has 0 saturated carbocycles. The summed E-state index contributed by atoms with van der Waals surface area (Å²) in [6, 6.07) is 14.3. The van der Waals surface area contributed by atoms with Crippen LogP contribution in [0.25, 0.3) is 0 Å². The lowest BCUT2D eigenvalue weighted by Gasteiger charge is -2.07. The number of hydrogen-bond donors (Lipinski definition) is 1. The van der Waals surface area contributed by atoms with Crippen LogP contribution in [-0.2, 0) is 11.3 Å². The van der Waals surface area contributed by atoms with Crippen molar-refractivity contribution in [1.82, 2.24) is 5.32 Å². The molecule has 0 saturated heterocycles. The van der Waals surface area contributed by atoms with Gasteiger partial charge in [-0.05, 0) is 36.2 Å². The zero-order valence-electron chi connectivity index (χ0n) is 11.9. The fourth-order valence-corrected chi connectivity index (χ4v) is 2.84. The molecule has 0 aliphatic carbocycles. The van der Waals surface area contributed by atoms with Crippen molar-refractivity contribution in [3.8, 4) is 0 Å². The van der Waals surface area contributed by atoms with E-state index >= 15 is 0 Å². The minimum Gasteiger partial charge on any atom is -0.352 e. The van der Waals surface area contributed by atoms with E-state index in [0.717, 1.165) is 11.3 Å². The summed E-state index contributed by atoms with van der Waals surface area (Å²) in [5.41, 5.74) is 2.13. The van der Waals surface area contributed by atoms with E-state index in [-0.39, 0.29) is 11.7 Å². The summed E-state index contributed by atoms with van der Waals surface area (Å²) in [4.78, 5) is 13.0. The summed E-state index contributed by atoms with van der Waals surface area (Å²) in [6.07, 6.45) is 0.472. The SMILES string of the molecule is Cc1ccccc1SCCC(=O)NCc1ccc(F)cc1. The van der Waals surface area contributed by atoms with Crippen molar-refractivity contribution in [2.75, 3.05) is 5.75 Å². The number of nitrogens with one attached hydrogen (secondary N) is 1. The first-order chi connectivity index (χ1) is 10.1. The van der Waals surface area contributed by atoms with Crippen LogP contribution in [0.4, 0.5) is 4.39 Å². The topological polar surface area (TPSA) is 29.1 Å². The van der Waals surface area contributed by atoms with E-state index in [1.807, 2.05) is 12.1 Å². The van der Waals surface area contributed by atoms with Crippen LogP contribution in [0.2, 0.25) is 0 Å². The Morgan fingerprint density at radius 1 is 1.14 bits per heavy atom. The Labute approximate surface area is 128 Å². The van der Waals surface area contributed by atoms with Gasteiger partial charge in [0.1, 0.15) is 5.82 Å². The standard InChI is InChI=1S/C17H18FNOS/c1-13-4-2-3-5-16(13)21-11-10-17(20)19-12-14-6-8-15(18)9-7-14/h2-9H,10-12H2,1H3,(H,19,20). The van der Waals surface area contributed by atoms with Crippen molar-refractivity contribution in [2.24, 2.45) is 0 Å². The highest BCUT2D eigenvalue weighted by Crippen LogP contribution is 2.22. The molecule has 2 rings (SSSR count). The van der Waals surface area contributed by atoms with Gasteiger partial charge in [0, 0.05) is 23.6 Å². The molecule has 0 aromatic heterocycles. The lowest BCUT2D eigenvalue weighted by molar-refractivity contribution is -0.120. The van der Waals surface area contributed by atoms with Crippen LogP contribution in [0.15, 0.2) is 53.4 Å². The zero-order valence-corrected chi connectivity index (χ0v) is 12.8. The molecule has 1 amide bonds. The van der Waals surface area contributed by atoms with Gasteiger partial charge >= 0.3 is 0 Å². The van der Waals surface area contributed by atoms with Gasteiger partial charge in [0.05, 0.1) is 0 Å². The van der Waals surface area contributed by atoms with Gasteiger partial charge in [-0.2, -0.15) is 0 Å². The van der Waals surface area contributed by atoms with E-state index < -0.39 is 0 Å². The van der Waals surface area contributed by atoms with Gasteiger partial charge in [-0.25, -0.2) is 4.39 Å². The Hall–Kier alpha value is -1.81. The molecule has 0 unspecified atom stereocenters. The summed E-state index contributed by atoms with van der Waals surface area (Å²) in [5, 5.41) is 2.84. The molecule has 21 heavy (non-hydrogen) atoms. The third-order valence-electron chi connectivity index (χ3n) is 3.08. The molecule has 0 heterocycles. The van der Waals surface area contributed by atoms with Gasteiger partial charge in [-0.15, -0.1) is 11.8 Å². The smallest absolute Gasteiger partial charge is 0.221 e. The minimum atomic E-state index is -0.264. The average molecular weight is 303 g/mol. The van der Waals surface area contributed by atoms with Crippen LogP contribution in [-0.4, -0.2) is 11.7 Å². The van der Waals surface area contributed by atoms with Gasteiger partial charge in [0.2, 0.25) is 5.91 Å². The molecule has 110 valence electrons. The molecule has 1 N–H and O–H groups in total. The van der Waals surface area contributed by atoms with Crippen LogP contribution in [0, 0.1) is 12.7 Å². The predicted octanol–water partition coefficient (Wildman–Crippen LogP) is 3.93. The summed E-state index contributed by atoms with van der Waals surface area (Å²) in [5.74, 6) is 0.500. The Morgan fingerprint density at radius 2 is 1.86 bits per heavy atom. The van der Waals surface area contributed by atoms with Gasteiger partial charge in [0.15, 0.2) is 0 Å². The first-order valence-electron chi connectivity index (χ1n) is 6.85. The molecule has 0 aliphatic heterocycles. The zero-order chi connectivity index (χ0) is 15.1. The summed E-state index contributed by atoms with van der Waals surface area (Å²) >= 11 is 1.69. The Kier molecular flexibility index (Phi) is 5.81. The van der Waals surface area contributed by atoms with Crippen molar-refractivity contribution >= 4 is 17.7 Å². The highest BCUT2D eigenvalue weighted by molar-refractivity contribution is 7.99. The average Bonchev–Trinajstić information content (AvgIpc) is 2.49. The highest BCUT2D eigenvalue weighted by Gasteiger charge is 2.03. The van der Waals surface area contributed by atoms with E-state index in [9.17, 15) is 9.18 Å². The maximum atomic E-state index is 12.8. The number of benzene rings is 2. The van der Waals surface area contributed by atoms with Crippen molar-refractivity contribution < 1.29 is 9.18 Å². The molecular formula is C17H18FNOS. The Balaban J connectivity index is 1.70. The van der Waals surface area contributed by atoms with Crippen molar-refractivity contribution in [1.29, 1.82) is 0 Å². The number of aryl methyl sites for hydroxylation is 1. The molecule has 0 radical (unpaired) electrons. The number of thioether (sulfide) groups is 1. The quantitative estimate of drug-likeness (QED) is 0.819. The highest BCUT2D eigenvalue weighted by atomic mass is 32.2. The molecular weight excluding hydrogens is 285 g/mol. The maximum Gasteiger partial charge on any atom is 0.221 e. The second-order valence-electron chi connectivity index (χ2n) is 4.77. The van der Waals surface area contributed by atoms with Gasteiger partial charge in [-0.3, -0.25) is 4.79 Å². The number of rotatable bonds is 6. The molecule has 0 atom stereocenters. The van der Waals surface area contributed by atoms with Crippen LogP contribution in [0.1, 0.15) is 17.5 Å². The monoisotopic (exact) mass is 303 g/mol. The number of amides is 1. The van der Waals surface area contributed by atoms with Gasteiger partial charge < -0.3 is 5.32 Å². The summed E-state index contributed by atoms with van der Waals surface area (Å²) in [7, 11) is 0. The number of carbonyl (C=O) groups is 1. The van der Waals surface area contributed by atoms with Crippen LogP contribution >= 0.6 is 11.8 Å². The lowest BCUT2D eigenvalue weighted by atomic mass is 10.2. The first-order valence-corrected chi connectivity index (χ1v) is 7.83. The van der Waals surface area contributed by atoms with Gasteiger partial charge in [-0.1, -0.05) is 30.3 Å². The number of carbonyl (C=O) groups excluding carboxylic acids is 1. The molecule has 0 fully saturated rings. The van der Waals surface area contributed by atoms with Crippen LogP contribution in [0.3, 0.4) is 0 Å². The van der Waals surface area contributed by atoms with Crippen LogP contribution in [0.5, 0.6) is 0 Å². The van der Waals surface area contributed by atoms with Crippen LogP contribution < -0.4 is 5.32 Å². The molecule has 2 nitrogen and oxygen atoms in total. The summed E-state index contributed by atoms with van der Waals surface area (Å²) < 4.78 is 12.8.